The van der Waals surface area contributed by atoms with Gasteiger partial charge in [0.05, 0.1) is 35.5 Å². The number of nitrogens with zero attached hydrogens (tertiary/aromatic N) is 6. The zero-order chi connectivity index (χ0) is 30.0. The summed E-state index contributed by atoms with van der Waals surface area (Å²) in [5.41, 5.74) is 0.189. The molecule has 0 amide bonds. The van der Waals surface area contributed by atoms with Crippen LogP contribution in [0.4, 0.5) is 8.78 Å². The second-order valence-corrected chi connectivity index (χ2v) is 10.0. The van der Waals surface area contributed by atoms with Crippen molar-refractivity contribution in [1.29, 1.82) is 5.26 Å². The molecule has 0 saturated heterocycles. The average Bonchev–Trinajstić information content (AvgIpc) is 3.42. The molecule has 2 aromatic carbocycles. The van der Waals surface area contributed by atoms with Gasteiger partial charge in [0.1, 0.15) is 22.4 Å². The molecular weight excluding hydrogens is 574 g/mol. The molecule has 1 atom stereocenters. The van der Waals surface area contributed by atoms with E-state index in [0.717, 1.165) is 18.5 Å². The normalized spacial score (nSPS) is 13.3. The molecule has 5 rings (SSSR count). The van der Waals surface area contributed by atoms with Gasteiger partial charge in [-0.2, -0.15) is 9.65 Å². The van der Waals surface area contributed by atoms with E-state index < -0.39 is 45.8 Å². The highest BCUT2D eigenvalue weighted by Crippen LogP contribution is 2.38. The molecule has 2 N–H and O–H groups in total. The number of benzene rings is 2. The number of phenols is 1. The Morgan fingerprint density at radius 1 is 1.07 bits per heavy atom. The van der Waals surface area contributed by atoms with Crippen LogP contribution in [0.15, 0.2) is 70.0 Å². The number of likely N-dealkylation sites (N-methyl/N-ethyl adjacent to an activating group) is 1. The van der Waals surface area contributed by atoms with Crippen LogP contribution in [-0.4, -0.2) is 66.2 Å². The summed E-state index contributed by atoms with van der Waals surface area (Å²) in [7, 11) is -0.209. The number of phenolic OH excluding ortho intramolecular Hbond substituents is 1. The lowest BCUT2D eigenvalue weighted by Crippen LogP contribution is -2.24. The van der Waals surface area contributed by atoms with Crippen molar-refractivity contribution in [2.24, 2.45) is 4.99 Å². The first-order chi connectivity index (χ1) is 20.2. The van der Waals surface area contributed by atoms with Crippen molar-refractivity contribution in [2.75, 3.05) is 20.1 Å². The molecule has 4 aromatic rings. The minimum Gasteiger partial charge on any atom is -0.504 e. The maximum Gasteiger partial charge on any atom is 0.338 e. The van der Waals surface area contributed by atoms with Crippen molar-refractivity contribution in [2.45, 2.75) is 10.1 Å². The molecule has 1 unspecified atom stereocenters. The molecule has 42 heavy (non-hydrogen) atoms. The predicted octanol–water partition coefficient (Wildman–Crippen LogP) is 3.87. The van der Waals surface area contributed by atoms with E-state index in [4.69, 9.17) is 19.8 Å². The monoisotopic (exact) mass is 592 g/mol. The van der Waals surface area contributed by atoms with Gasteiger partial charge in [-0.15, -0.1) is 0 Å². The summed E-state index contributed by atoms with van der Waals surface area (Å²) >= 11 is 0. The first-order valence-corrected chi connectivity index (χ1v) is 13.1. The molecule has 0 radical (unpaired) electrons. The van der Waals surface area contributed by atoms with Gasteiger partial charge in [0.25, 0.3) is 5.88 Å². The van der Waals surface area contributed by atoms with E-state index in [9.17, 15) is 18.5 Å². The highest BCUT2D eigenvalue weighted by atomic mass is 32.2. The highest BCUT2D eigenvalue weighted by molar-refractivity contribution is 7.84. The third-order valence-electron chi connectivity index (χ3n) is 5.91. The van der Waals surface area contributed by atoms with Crippen LogP contribution in [-0.2, 0) is 10.8 Å². The summed E-state index contributed by atoms with van der Waals surface area (Å²) in [6.45, 7) is 0.975. The second-order valence-electron chi connectivity index (χ2n) is 8.67. The SMILES string of the molecule is CN1CCN=C1c1cc(S(=O)c2ncc(C(=O)O)cn2)ccc1Oc1c(F)cnc(Oc2cc(C#N)ccc2O)c1F. The lowest BCUT2D eigenvalue weighted by molar-refractivity contribution is 0.0695. The molecule has 12 nitrogen and oxygen atoms in total. The van der Waals surface area contributed by atoms with Gasteiger partial charge in [-0.25, -0.2) is 28.3 Å². The number of nitriles is 1. The number of carboxylic acids is 1. The summed E-state index contributed by atoms with van der Waals surface area (Å²) in [5.74, 6) is -5.68. The Balaban J connectivity index is 1.52. The number of carbonyl (C=O) groups is 1. The van der Waals surface area contributed by atoms with E-state index >= 15 is 4.39 Å². The number of aromatic nitrogens is 3. The lowest BCUT2D eigenvalue weighted by Gasteiger charge is -2.19. The van der Waals surface area contributed by atoms with Crippen LogP contribution in [0.3, 0.4) is 0 Å². The Hall–Kier alpha value is -5.49. The fourth-order valence-electron chi connectivity index (χ4n) is 3.82. The molecule has 1 aliphatic heterocycles. The number of halogens is 2. The van der Waals surface area contributed by atoms with Gasteiger partial charge < -0.3 is 24.6 Å². The Morgan fingerprint density at radius 3 is 2.50 bits per heavy atom. The zero-order valence-corrected chi connectivity index (χ0v) is 22.3. The van der Waals surface area contributed by atoms with Crippen molar-refractivity contribution in [3.05, 3.63) is 83.3 Å². The van der Waals surface area contributed by atoms with E-state index in [1.807, 2.05) is 6.07 Å². The predicted molar refractivity (Wildman–Crippen MR) is 141 cm³/mol. The number of aliphatic imine (C=N–C) groups is 1. The third-order valence-corrected chi connectivity index (χ3v) is 7.14. The number of rotatable bonds is 8. The molecule has 0 fully saturated rings. The van der Waals surface area contributed by atoms with Gasteiger partial charge in [-0.05, 0) is 30.3 Å². The standard InChI is InChI=1S/C27H18F2N6O6S/c1-35-7-6-31-24(35)17-9-16(42(39)27-33-11-15(12-34-27)26(37)38)3-5-20(17)40-23-18(28)13-32-25(22(23)29)41-21-8-14(10-30)2-4-19(21)36/h2-5,8-9,11-13,36H,6-7H2,1H3,(H,37,38). The molecule has 0 spiro atoms. The topological polar surface area (TPSA) is 171 Å². The summed E-state index contributed by atoms with van der Waals surface area (Å²) < 4.78 is 54.5. The fourth-order valence-corrected chi connectivity index (χ4v) is 4.74. The largest absolute Gasteiger partial charge is 0.504 e. The van der Waals surface area contributed by atoms with Crippen LogP contribution in [0, 0.1) is 23.0 Å². The first kappa shape index (κ1) is 28.1. The van der Waals surface area contributed by atoms with Crippen molar-refractivity contribution in [1.82, 2.24) is 19.9 Å². The number of hydrogen-bond acceptors (Lipinski definition) is 11. The maximum atomic E-state index is 15.5. The molecule has 15 heteroatoms. The van der Waals surface area contributed by atoms with Gasteiger partial charge >= 0.3 is 5.97 Å². The molecule has 212 valence electrons. The number of hydrogen-bond donors (Lipinski definition) is 2. The smallest absolute Gasteiger partial charge is 0.338 e. The maximum absolute atomic E-state index is 15.5. The van der Waals surface area contributed by atoms with Crippen LogP contribution in [0.25, 0.3) is 0 Å². The Morgan fingerprint density at radius 2 is 1.83 bits per heavy atom. The Bertz CT molecular complexity index is 1810. The van der Waals surface area contributed by atoms with E-state index in [1.165, 1.54) is 30.3 Å². The number of aromatic hydroxyl groups is 1. The zero-order valence-electron chi connectivity index (χ0n) is 21.5. The van der Waals surface area contributed by atoms with Gasteiger partial charge in [-0.1, -0.05) is 0 Å². The number of pyridine rings is 1. The van der Waals surface area contributed by atoms with Crippen molar-refractivity contribution in [3.8, 4) is 34.9 Å². The highest BCUT2D eigenvalue weighted by Gasteiger charge is 2.26. The first-order valence-electron chi connectivity index (χ1n) is 12.0. The molecule has 2 aromatic heterocycles. The van der Waals surface area contributed by atoms with Crippen LogP contribution in [0.2, 0.25) is 0 Å². The van der Waals surface area contributed by atoms with E-state index in [-0.39, 0.29) is 38.2 Å². The van der Waals surface area contributed by atoms with Gasteiger partial charge in [0.2, 0.25) is 16.7 Å². The summed E-state index contributed by atoms with van der Waals surface area (Å²) in [6.07, 6.45) is 2.72. The fraction of sp³-hybridized carbons (Fsp3) is 0.111. The summed E-state index contributed by atoms with van der Waals surface area (Å²) in [6, 6.07) is 9.67. The van der Waals surface area contributed by atoms with Gasteiger partial charge in [0.15, 0.2) is 17.3 Å². The van der Waals surface area contributed by atoms with E-state index in [1.54, 1.807) is 11.9 Å². The van der Waals surface area contributed by atoms with E-state index in [2.05, 4.69) is 19.9 Å². The van der Waals surface area contributed by atoms with Crippen LogP contribution < -0.4 is 9.47 Å². The number of aromatic carboxylic acids is 1. The Kier molecular flexibility index (Phi) is 7.71. The quantitative estimate of drug-likeness (QED) is 0.285. The van der Waals surface area contributed by atoms with Crippen LogP contribution >= 0.6 is 0 Å². The molecular formula is C27H18F2N6O6S. The third kappa shape index (κ3) is 5.56. The average molecular weight is 593 g/mol. The Labute approximate surface area is 238 Å². The second kappa shape index (κ2) is 11.6. The van der Waals surface area contributed by atoms with Crippen molar-refractivity contribution < 1.29 is 37.5 Å². The van der Waals surface area contributed by atoms with Gasteiger partial charge in [0, 0.05) is 36.9 Å². The van der Waals surface area contributed by atoms with Crippen molar-refractivity contribution >= 4 is 22.6 Å². The summed E-state index contributed by atoms with van der Waals surface area (Å²) in [5, 5.41) is 28.0. The van der Waals surface area contributed by atoms with Crippen molar-refractivity contribution in [3.63, 3.8) is 0 Å². The molecule has 0 aliphatic carbocycles. The minimum absolute atomic E-state index is 0.0466. The molecule has 0 saturated carbocycles. The van der Waals surface area contributed by atoms with Crippen LogP contribution in [0.1, 0.15) is 21.5 Å². The number of amidine groups is 1. The molecule has 3 heterocycles. The molecule has 0 bridgehead atoms. The number of ether oxygens (including phenoxy) is 2. The number of carboxylic acid groups (broad SMARTS) is 1. The lowest BCUT2D eigenvalue weighted by atomic mass is 10.1. The minimum atomic E-state index is -1.95. The van der Waals surface area contributed by atoms with Gasteiger partial charge in [-0.3, -0.25) is 4.99 Å². The van der Waals surface area contributed by atoms with E-state index in [0.29, 0.717) is 25.1 Å². The molecule has 1 aliphatic rings. The van der Waals surface area contributed by atoms with Crippen LogP contribution in [0.5, 0.6) is 28.9 Å². The summed E-state index contributed by atoms with van der Waals surface area (Å²) in [4.78, 5) is 28.8.